The Labute approximate surface area is 146 Å². The van der Waals surface area contributed by atoms with Crippen LogP contribution in [0.3, 0.4) is 0 Å². The van der Waals surface area contributed by atoms with Crippen LogP contribution in [0.2, 0.25) is 0 Å². The average molecular weight is 340 g/mol. The van der Waals surface area contributed by atoms with E-state index < -0.39 is 11.8 Å². The summed E-state index contributed by atoms with van der Waals surface area (Å²) in [5.74, 6) is -0.374. The molecule has 0 saturated heterocycles. The maximum absolute atomic E-state index is 12.0. The molecule has 0 saturated carbocycles. The topological polar surface area (TPSA) is 84.5 Å². The molecule has 6 heteroatoms. The van der Waals surface area contributed by atoms with Gasteiger partial charge in [0.25, 0.3) is 11.8 Å². The molecular formula is C19H20N2O4. The van der Waals surface area contributed by atoms with Crippen LogP contribution < -0.4 is 15.6 Å². The fourth-order valence-electron chi connectivity index (χ4n) is 2.15. The molecule has 0 aliphatic rings. The van der Waals surface area contributed by atoms with Gasteiger partial charge in [0.1, 0.15) is 5.75 Å². The van der Waals surface area contributed by atoms with Gasteiger partial charge in [-0.25, -0.2) is 0 Å². The van der Waals surface area contributed by atoms with Gasteiger partial charge in [0.2, 0.25) is 0 Å². The molecule has 25 heavy (non-hydrogen) atoms. The molecular weight excluding hydrogens is 320 g/mol. The number of benzene rings is 2. The lowest BCUT2D eigenvalue weighted by Crippen LogP contribution is -2.44. The smallest absolute Gasteiger partial charge is 0.276 e. The maximum atomic E-state index is 12.0. The van der Waals surface area contributed by atoms with Crippen LogP contribution >= 0.6 is 0 Å². The average Bonchev–Trinajstić information content (AvgIpc) is 2.64. The van der Waals surface area contributed by atoms with Gasteiger partial charge in [-0.2, -0.15) is 0 Å². The Kier molecular flexibility index (Phi) is 6.28. The quantitative estimate of drug-likeness (QED) is 0.625. The van der Waals surface area contributed by atoms with Crippen LogP contribution in [-0.4, -0.2) is 24.2 Å². The molecule has 2 amide bonds. The lowest BCUT2D eigenvalue weighted by atomic mass is 10.1. The molecule has 0 unspecified atom stereocenters. The molecule has 130 valence electrons. The molecule has 0 fully saturated rings. The van der Waals surface area contributed by atoms with Crippen LogP contribution in [0, 0.1) is 6.92 Å². The van der Waals surface area contributed by atoms with E-state index >= 15 is 0 Å². The molecule has 2 aromatic carbocycles. The molecule has 0 heterocycles. The predicted octanol–water partition coefficient (Wildman–Crippen LogP) is 2.43. The zero-order valence-corrected chi connectivity index (χ0v) is 14.2. The number of hydrogen-bond donors (Lipinski definition) is 2. The highest BCUT2D eigenvalue weighted by atomic mass is 16.5. The Morgan fingerprint density at radius 2 is 1.64 bits per heavy atom. The number of nitrogens with one attached hydrogen (secondary N) is 2. The Bertz CT molecular complexity index is 769. The van der Waals surface area contributed by atoms with E-state index in [-0.39, 0.29) is 12.4 Å². The van der Waals surface area contributed by atoms with Crippen molar-refractivity contribution in [1.82, 2.24) is 10.9 Å². The van der Waals surface area contributed by atoms with Crippen molar-refractivity contribution in [2.75, 3.05) is 6.61 Å². The fraction of sp³-hybridized carbons (Fsp3) is 0.211. The largest absolute Gasteiger partial charge is 0.484 e. The number of aryl methyl sites for hydroxylation is 1. The second-order valence-electron chi connectivity index (χ2n) is 5.41. The van der Waals surface area contributed by atoms with Gasteiger partial charge in [0, 0.05) is 17.5 Å². The minimum Gasteiger partial charge on any atom is -0.484 e. The molecule has 2 rings (SSSR count). The van der Waals surface area contributed by atoms with Gasteiger partial charge >= 0.3 is 0 Å². The molecule has 0 aliphatic heterocycles. The third kappa shape index (κ3) is 5.17. The third-order valence-corrected chi connectivity index (χ3v) is 3.57. The Morgan fingerprint density at radius 1 is 0.960 bits per heavy atom. The number of ketones is 1. The zero-order chi connectivity index (χ0) is 18.2. The molecule has 0 bridgehead atoms. The molecule has 0 spiro atoms. The van der Waals surface area contributed by atoms with Crippen molar-refractivity contribution in [3.05, 3.63) is 65.2 Å². The number of carbonyl (C=O) groups excluding carboxylic acids is 3. The Balaban J connectivity index is 1.80. The Hall–Kier alpha value is -3.15. The summed E-state index contributed by atoms with van der Waals surface area (Å²) < 4.78 is 5.32. The first-order valence-corrected chi connectivity index (χ1v) is 7.92. The summed E-state index contributed by atoms with van der Waals surface area (Å²) in [6.45, 7) is 3.35. The fourth-order valence-corrected chi connectivity index (χ4v) is 2.15. The normalized spacial score (nSPS) is 10.0. The summed E-state index contributed by atoms with van der Waals surface area (Å²) in [7, 11) is 0. The second kappa shape index (κ2) is 8.63. The van der Waals surface area contributed by atoms with Gasteiger partial charge in [-0.15, -0.1) is 0 Å². The highest BCUT2D eigenvalue weighted by Gasteiger charge is 2.10. The number of rotatable bonds is 6. The number of Topliss-reactive ketones (excluding diaryl/α,β-unsaturated/α-hetero) is 1. The highest BCUT2D eigenvalue weighted by molar-refractivity contribution is 5.97. The van der Waals surface area contributed by atoms with Crippen molar-refractivity contribution in [1.29, 1.82) is 0 Å². The van der Waals surface area contributed by atoms with E-state index in [1.165, 1.54) is 0 Å². The first-order chi connectivity index (χ1) is 12.0. The zero-order valence-electron chi connectivity index (χ0n) is 14.2. The van der Waals surface area contributed by atoms with Crippen LogP contribution in [0.1, 0.15) is 39.6 Å². The summed E-state index contributed by atoms with van der Waals surface area (Å²) in [6.07, 6.45) is 0.434. The van der Waals surface area contributed by atoms with E-state index in [1.807, 2.05) is 19.1 Å². The van der Waals surface area contributed by atoms with Crippen LogP contribution in [0.25, 0.3) is 0 Å². The lowest BCUT2D eigenvalue weighted by Gasteiger charge is -2.10. The Morgan fingerprint density at radius 3 is 2.28 bits per heavy atom. The summed E-state index contributed by atoms with van der Waals surface area (Å²) in [6, 6.07) is 13.6. The van der Waals surface area contributed by atoms with E-state index in [4.69, 9.17) is 4.74 Å². The van der Waals surface area contributed by atoms with Gasteiger partial charge in [0.05, 0.1) is 0 Å². The minimum atomic E-state index is -0.490. The van der Waals surface area contributed by atoms with Crippen molar-refractivity contribution in [3.8, 4) is 5.75 Å². The van der Waals surface area contributed by atoms with Gasteiger partial charge in [0.15, 0.2) is 12.4 Å². The van der Waals surface area contributed by atoms with Crippen molar-refractivity contribution >= 4 is 17.6 Å². The van der Waals surface area contributed by atoms with E-state index in [0.29, 0.717) is 23.3 Å². The monoisotopic (exact) mass is 340 g/mol. The standard InChI is InChI=1S/C19H20N2O4/c1-3-17(22)14-8-10-15(11-9-14)25-12-18(23)20-21-19(24)16-7-5-4-6-13(16)2/h4-11H,3,12H2,1-2H3,(H,20,23)(H,21,24). The van der Waals surface area contributed by atoms with Crippen molar-refractivity contribution in [2.24, 2.45) is 0 Å². The molecule has 0 aliphatic carbocycles. The summed E-state index contributed by atoms with van der Waals surface area (Å²) in [4.78, 5) is 35.3. The second-order valence-corrected chi connectivity index (χ2v) is 5.41. The summed E-state index contributed by atoms with van der Waals surface area (Å²) in [5, 5.41) is 0. The lowest BCUT2D eigenvalue weighted by molar-refractivity contribution is -0.123. The summed E-state index contributed by atoms with van der Waals surface area (Å²) >= 11 is 0. The van der Waals surface area contributed by atoms with E-state index in [0.717, 1.165) is 5.56 Å². The number of ether oxygens (including phenoxy) is 1. The first-order valence-electron chi connectivity index (χ1n) is 7.92. The maximum Gasteiger partial charge on any atom is 0.276 e. The number of amides is 2. The summed E-state index contributed by atoms with van der Waals surface area (Å²) in [5.41, 5.74) is 6.54. The minimum absolute atomic E-state index is 0.0446. The van der Waals surface area contributed by atoms with Crippen LogP contribution in [0.15, 0.2) is 48.5 Å². The van der Waals surface area contributed by atoms with Gasteiger partial charge in [-0.3, -0.25) is 25.2 Å². The number of hydrogen-bond acceptors (Lipinski definition) is 4. The third-order valence-electron chi connectivity index (χ3n) is 3.57. The van der Waals surface area contributed by atoms with Gasteiger partial charge in [-0.05, 0) is 42.8 Å². The van der Waals surface area contributed by atoms with E-state index in [9.17, 15) is 14.4 Å². The molecule has 2 aromatic rings. The van der Waals surface area contributed by atoms with Gasteiger partial charge < -0.3 is 4.74 Å². The molecule has 0 atom stereocenters. The number of carbonyl (C=O) groups is 3. The molecule has 0 aromatic heterocycles. The SMILES string of the molecule is CCC(=O)c1ccc(OCC(=O)NNC(=O)c2ccccc2C)cc1. The van der Waals surface area contributed by atoms with E-state index in [1.54, 1.807) is 43.3 Å². The van der Waals surface area contributed by atoms with Crippen molar-refractivity contribution in [2.45, 2.75) is 20.3 Å². The van der Waals surface area contributed by atoms with Crippen LogP contribution in [0.4, 0.5) is 0 Å². The van der Waals surface area contributed by atoms with E-state index in [2.05, 4.69) is 10.9 Å². The molecule has 6 nitrogen and oxygen atoms in total. The molecule has 0 radical (unpaired) electrons. The predicted molar refractivity (Wildman–Crippen MR) is 93.3 cm³/mol. The van der Waals surface area contributed by atoms with Crippen molar-refractivity contribution in [3.63, 3.8) is 0 Å². The van der Waals surface area contributed by atoms with Crippen molar-refractivity contribution < 1.29 is 19.1 Å². The van der Waals surface area contributed by atoms with Crippen LogP contribution in [-0.2, 0) is 4.79 Å². The highest BCUT2D eigenvalue weighted by Crippen LogP contribution is 2.13. The van der Waals surface area contributed by atoms with Gasteiger partial charge in [-0.1, -0.05) is 25.1 Å². The molecule has 2 N–H and O–H groups in total. The first kappa shape index (κ1) is 18.2. The number of hydrazine groups is 1. The van der Waals surface area contributed by atoms with Crippen LogP contribution in [0.5, 0.6) is 5.75 Å².